The number of nitrogens with zero attached hydrogens (tertiary/aromatic N) is 1. The molecule has 1 saturated heterocycles. The maximum Gasteiger partial charge on any atom is 0.251 e. The lowest BCUT2D eigenvalue weighted by Crippen LogP contribution is -2.41. The van der Waals surface area contributed by atoms with Crippen molar-refractivity contribution in [2.45, 2.75) is 32.2 Å². The summed E-state index contributed by atoms with van der Waals surface area (Å²) in [7, 11) is -1.47. The zero-order valence-corrected chi connectivity index (χ0v) is 16.3. The number of pyridine rings is 1. The van der Waals surface area contributed by atoms with Gasteiger partial charge in [-0.1, -0.05) is 0 Å². The number of methoxy groups -OCH3 is 1. The zero-order valence-electron chi connectivity index (χ0n) is 15.5. The number of nitrogens with one attached hydrogen (secondary N) is 1. The molecule has 0 aliphatic carbocycles. The fourth-order valence-corrected chi connectivity index (χ4v) is 5.32. The molecule has 1 aromatic heterocycles. The molecule has 8 heteroatoms. The molecule has 0 spiro atoms. The number of ether oxygens (including phenoxy) is 1. The Balaban J connectivity index is 1.74. The highest BCUT2D eigenvalue weighted by Crippen LogP contribution is 2.21. The van der Waals surface area contributed by atoms with Crippen LogP contribution < -0.4 is 10.3 Å². The van der Waals surface area contributed by atoms with Crippen LogP contribution in [0, 0.1) is 0 Å². The molecule has 0 bridgehead atoms. The van der Waals surface area contributed by atoms with Gasteiger partial charge in [0, 0.05) is 35.5 Å². The highest BCUT2D eigenvalue weighted by atomic mass is 32.2. The number of aromatic nitrogens is 1. The highest BCUT2D eigenvalue weighted by molar-refractivity contribution is 7.91. The van der Waals surface area contributed by atoms with Crippen LogP contribution in [0.5, 0.6) is 5.75 Å². The van der Waals surface area contributed by atoms with Gasteiger partial charge in [0.05, 0.1) is 18.6 Å². The molecule has 27 heavy (non-hydrogen) atoms. The smallest absolute Gasteiger partial charge is 0.251 e. The lowest BCUT2D eigenvalue weighted by Gasteiger charge is -2.26. The summed E-state index contributed by atoms with van der Waals surface area (Å²) in [6, 6.07) is 6.91. The van der Waals surface area contributed by atoms with Gasteiger partial charge in [0.15, 0.2) is 9.84 Å². The Morgan fingerprint density at radius 2 is 2.11 bits per heavy atom. The molecule has 146 valence electrons. The molecule has 2 heterocycles. The maximum atomic E-state index is 12.6. The second-order valence-corrected chi connectivity index (χ2v) is 9.04. The van der Waals surface area contributed by atoms with Crippen molar-refractivity contribution in [1.29, 1.82) is 0 Å². The molecular weight excluding hydrogens is 368 g/mol. The fourth-order valence-electron chi connectivity index (χ4n) is 3.59. The average molecular weight is 392 g/mol. The van der Waals surface area contributed by atoms with E-state index in [4.69, 9.17) is 4.74 Å². The predicted octanol–water partition coefficient (Wildman–Crippen LogP) is 1.50. The number of carbonyl (C=O) groups is 1. The molecule has 2 aromatic rings. The summed E-state index contributed by atoms with van der Waals surface area (Å²) >= 11 is 0. The van der Waals surface area contributed by atoms with Crippen LogP contribution in [-0.4, -0.2) is 55.4 Å². The number of amides is 1. The quantitative estimate of drug-likeness (QED) is 0.804. The SMILES string of the molecule is CCN(C(=O)CCc1cc2cc(OC)ccc2[nH]c1=O)C1CCS(=O)(=O)C1. The normalized spacial score (nSPS) is 18.5. The Bertz CT molecular complexity index is 1010. The van der Waals surface area contributed by atoms with Crippen LogP contribution in [0.25, 0.3) is 10.9 Å². The van der Waals surface area contributed by atoms with Gasteiger partial charge in [0.25, 0.3) is 5.56 Å². The Labute approximate surface area is 158 Å². The van der Waals surface area contributed by atoms with E-state index in [0.717, 1.165) is 5.39 Å². The first-order valence-corrected chi connectivity index (χ1v) is 10.8. The first-order chi connectivity index (χ1) is 12.8. The minimum absolute atomic E-state index is 0.0307. The van der Waals surface area contributed by atoms with Crippen LogP contribution in [0.2, 0.25) is 0 Å². The average Bonchev–Trinajstić information content (AvgIpc) is 2.99. The molecule has 1 fully saturated rings. The summed E-state index contributed by atoms with van der Waals surface area (Å²) in [4.78, 5) is 29.4. The van der Waals surface area contributed by atoms with E-state index in [2.05, 4.69) is 4.98 Å². The van der Waals surface area contributed by atoms with Crippen LogP contribution >= 0.6 is 0 Å². The zero-order chi connectivity index (χ0) is 19.6. The number of sulfone groups is 1. The Kier molecular flexibility index (Phi) is 5.55. The van der Waals surface area contributed by atoms with E-state index in [1.54, 1.807) is 30.2 Å². The lowest BCUT2D eigenvalue weighted by atomic mass is 10.1. The number of rotatable bonds is 6. The van der Waals surface area contributed by atoms with E-state index in [0.29, 0.717) is 36.2 Å². The van der Waals surface area contributed by atoms with Crippen molar-refractivity contribution >= 4 is 26.6 Å². The van der Waals surface area contributed by atoms with E-state index in [-0.39, 0.29) is 35.4 Å². The summed E-state index contributed by atoms with van der Waals surface area (Å²) in [5.41, 5.74) is 1.02. The van der Waals surface area contributed by atoms with Gasteiger partial charge in [0.2, 0.25) is 5.91 Å². The number of aryl methyl sites for hydroxylation is 1. The van der Waals surface area contributed by atoms with Crippen molar-refractivity contribution in [3.63, 3.8) is 0 Å². The Morgan fingerprint density at radius 1 is 1.33 bits per heavy atom. The summed E-state index contributed by atoms with van der Waals surface area (Å²) in [6.45, 7) is 2.31. The van der Waals surface area contributed by atoms with Gasteiger partial charge < -0.3 is 14.6 Å². The second kappa shape index (κ2) is 7.72. The van der Waals surface area contributed by atoms with Crippen molar-refractivity contribution < 1.29 is 17.9 Å². The Morgan fingerprint density at radius 3 is 2.74 bits per heavy atom. The number of aromatic amines is 1. The topological polar surface area (TPSA) is 96.5 Å². The monoisotopic (exact) mass is 392 g/mol. The molecule has 0 saturated carbocycles. The molecule has 1 aliphatic rings. The van der Waals surface area contributed by atoms with Crippen LogP contribution in [-0.2, 0) is 21.1 Å². The van der Waals surface area contributed by atoms with E-state index in [1.165, 1.54) is 0 Å². The largest absolute Gasteiger partial charge is 0.497 e. The Hall–Kier alpha value is -2.35. The van der Waals surface area contributed by atoms with Crippen LogP contribution in [0.4, 0.5) is 0 Å². The molecule has 0 radical (unpaired) electrons. The minimum Gasteiger partial charge on any atom is -0.497 e. The molecule has 1 amide bonds. The van der Waals surface area contributed by atoms with Gasteiger partial charge in [-0.25, -0.2) is 8.42 Å². The third-order valence-corrected chi connectivity index (χ3v) is 6.80. The third-order valence-electron chi connectivity index (χ3n) is 5.05. The standard InChI is InChI=1S/C19H24N2O5S/c1-3-21(15-8-9-27(24,25)12-15)18(22)7-4-13-10-14-11-16(26-2)5-6-17(14)20-19(13)23/h5-6,10-11,15H,3-4,7-9,12H2,1-2H3,(H,20,23). The van der Waals surface area contributed by atoms with Crippen molar-refractivity contribution in [3.05, 3.63) is 40.2 Å². The van der Waals surface area contributed by atoms with Crippen LogP contribution in [0.3, 0.4) is 0 Å². The predicted molar refractivity (Wildman–Crippen MR) is 104 cm³/mol. The first-order valence-electron chi connectivity index (χ1n) is 9.03. The molecule has 3 rings (SSSR count). The number of benzene rings is 1. The molecular formula is C19H24N2O5S. The molecule has 1 N–H and O–H groups in total. The first kappa shape index (κ1) is 19.4. The highest BCUT2D eigenvalue weighted by Gasteiger charge is 2.33. The molecule has 1 atom stereocenters. The fraction of sp³-hybridized carbons (Fsp3) is 0.474. The molecule has 1 aromatic carbocycles. The number of H-pyrrole nitrogens is 1. The van der Waals surface area contributed by atoms with Crippen molar-refractivity contribution in [3.8, 4) is 5.75 Å². The number of hydrogen-bond donors (Lipinski definition) is 1. The number of hydrogen-bond acceptors (Lipinski definition) is 5. The summed E-state index contributed by atoms with van der Waals surface area (Å²) < 4.78 is 28.6. The molecule has 1 unspecified atom stereocenters. The van der Waals surface area contributed by atoms with Gasteiger partial charge in [-0.15, -0.1) is 0 Å². The van der Waals surface area contributed by atoms with Gasteiger partial charge in [-0.3, -0.25) is 9.59 Å². The second-order valence-electron chi connectivity index (χ2n) is 6.81. The van der Waals surface area contributed by atoms with E-state index in [1.807, 2.05) is 13.0 Å². The third kappa shape index (κ3) is 4.32. The lowest BCUT2D eigenvalue weighted by molar-refractivity contribution is -0.132. The number of fused-ring (bicyclic) bond motifs is 1. The van der Waals surface area contributed by atoms with Gasteiger partial charge in [0.1, 0.15) is 5.75 Å². The number of carbonyl (C=O) groups excluding carboxylic acids is 1. The molecule has 1 aliphatic heterocycles. The van der Waals surface area contributed by atoms with E-state index in [9.17, 15) is 18.0 Å². The van der Waals surface area contributed by atoms with Crippen LogP contribution in [0.1, 0.15) is 25.3 Å². The minimum atomic E-state index is -3.05. The maximum absolute atomic E-state index is 12.6. The summed E-state index contributed by atoms with van der Waals surface area (Å²) in [5.74, 6) is 0.734. The van der Waals surface area contributed by atoms with Crippen molar-refractivity contribution in [2.75, 3.05) is 25.2 Å². The summed E-state index contributed by atoms with van der Waals surface area (Å²) in [6.07, 6.45) is 0.957. The van der Waals surface area contributed by atoms with Crippen LogP contribution in [0.15, 0.2) is 29.1 Å². The summed E-state index contributed by atoms with van der Waals surface area (Å²) in [5, 5.41) is 0.839. The van der Waals surface area contributed by atoms with Gasteiger partial charge in [-0.05, 0) is 44.0 Å². The van der Waals surface area contributed by atoms with Gasteiger partial charge in [-0.2, -0.15) is 0 Å². The van der Waals surface area contributed by atoms with Crippen molar-refractivity contribution in [1.82, 2.24) is 9.88 Å². The van der Waals surface area contributed by atoms with Gasteiger partial charge >= 0.3 is 0 Å². The van der Waals surface area contributed by atoms with E-state index < -0.39 is 9.84 Å². The van der Waals surface area contributed by atoms with E-state index >= 15 is 0 Å². The molecule has 7 nitrogen and oxygen atoms in total. The van der Waals surface area contributed by atoms with Crippen molar-refractivity contribution in [2.24, 2.45) is 0 Å².